The molecule has 0 unspecified atom stereocenters. The van der Waals surface area contributed by atoms with Crippen LogP contribution in [-0.2, 0) is 25.4 Å². The molecule has 0 radical (unpaired) electrons. The van der Waals surface area contributed by atoms with Gasteiger partial charge < -0.3 is 9.55 Å². The number of thioether (sulfide) groups is 1. The normalized spacial score (nSPS) is 11.4. The molecular formula is C23H24FN5S. The predicted molar refractivity (Wildman–Crippen MR) is 120 cm³/mol. The predicted octanol–water partition coefficient (Wildman–Crippen LogP) is 5.01. The number of fused-ring (bicyclic) bond motifs is 1. The van der Waals surface area contributed by atoms with Crippen molar-refractivity contribution in [2.24, 2.45) is 0 Å². The Labute approximate surface area is 179 Å². The Kier molecular flexibility index (Phi) is 6.30. The molecular weight excluding hydrogens is 397 g/mol. The van der Waals surface area contributed by atoms with Crippen molar-refractivity contribution in [3.05, 3.63) is 90.2 Å². The Morgan fingerprint density at radius 3 is 2.80 bits per heavy atom. The fourth-order valence-corrected chi connectivity index (χ4v) is 4.35. The Hall–Kier alpha value is -2.90. The van der Waals surface area contributed by atoms with E-state index in [1.807, 2.05) is 24.3 Å². The third kappa shape index (κ3) is 4.80. The summed E-state index contributed by atoms with van der Waals surface area (Å²) in [5.74, 6) is 1.30. The maximum Gasteiger partial charge on any atom is 0.191 e. The molecule has 0 aliphatic heterocycles. The van der Waals surface area contributed by atoms with Crippen LogP contribution in [0.15, 0.2) is 72.4 Å². The van der Waals surface area contributed by atoms with Crippen molar-refractivity contribution < 1.29 is 4.39 Å². The van der Waals surface area contributed by atoms with Crippen LogP contribution in [0.3, 0.4) is 0 Å². The van der Waals surface area contributed by atoms with Gasteiger partial charge in [-0.15, -0.1) is 16.8 Å². The summed E-state index contributed by atoms with van der Waals surface area (Å²) >= 11 is 1.55. The minimum absolute atomic E-state index is 0.222. The first-order valence-electron chi connectivity index (χ1n) is 9.78. The lowest BCUT2D eigenvalue weighted by atomic mass is 10.2. The highest BCUT2D eigenvalue weighted by molar-refractivity contribution is 7.98. The largest absolute Gasteiger partial charge is 0.357 e. The molecule has 2 aromatic carbocycles. The lowest BCUT2D eigenvalue weighted by molar-refractivity contribution is 0.302. The van der Waals surface area contributed by atoms with Gasteiger partial charge in [-0.05, 0) is 42.3 Å². The number of nitrogens with zero attached hydrogens (tertiary/aromatic N) is 4. The van der Waals surface area contributed by atoms with Crippen LogP contribution in [0.2, 0.25) is 0 Å². The van der Waals surface area contributed by atoms with Gasteiger partial charge in [-0.25, -0.2) is 4.39 Å². The van der Waals surface area contributed by atoms with Crippen LogP contribution in [0.4, 0.5) is 4.39 Å². The number of nitrogens with one attached hydrogen (secondary N) is 1. The van der Waals surface area contributed by atoms with E-state index in [-0.39, 0.29) is 5.82 Å². The van der Waals surface area contributed by atoms with Crippen molar-refractivity contribution in [1.82, 2.24) is 24.6 Å². The summed E-state index contributed by atoms with van der Waals surface area (Å²) < 4.78 is 15.5. The van der Waals surface area contributed by atoms with Crippen molar-refractivity contribution in [3.8, 4) is 0 Å². The summed E-state index contributed by atoms with van der Waals surface area (Å²) in [5, 5.41) is 10.8. The number of H-pyrrole nitrogens is 1. The van der Waals surface area contributed by atoms with Crippen LogP contribution in [0.5, 0.6) is 0 Å². The molecule has 7 heteroatoms. The van der Waals surface area contributed by atoms with Gasteiger partial charge in [0.1, 0.15) is 11.6 Å². The van der Waals surface area contributed by atoms with Gasteiger partial charge in [-0.1, -0.05) is 48.2 Å². The first-order chi connectivity index (χ1) is 14.6. The number of hydrogen-bond acceptors (Lipinski definition) is 4. The van der Waals surface area contributed by atoms with Crippen LogP contribution in [-0.4, -0.2) is 31.7 Å². The summed E-state index contributed by atoms with van der Waals surface area (Å²) in [6.45, 7) is 5.94. The Morgan fingerprint density at radius 2 is 2.00 bits per heavy atom. The van der Waals surface area contributed by atoms with Crippen molar-refractivity contribution >= 4 is 22.7 Å². The van der Waals surface area contributed by atoms with Gasteiger partial charge in [0.2, 0.25) is 0 Å². The minimum atomic E-state index is -0.222. The number of benzene rings is 2. The van der Waals surface area contributed by atoms with E-state index in [9.17, 15) is 4.39 Å². The third-order valence-corrected chi connectivity index (χ3v) is 5.84. The molecule has 0 aliphatic carbocycles. The standard InChI is InChI=1S/C23H24FN5S/c1-3-11-29-22(26-27-23(29)30-16-17-7-6-9-19(24)12-17)15-28(2)14-20-13-18-8-4-5-10-21(18)25-20/h3-10,12-13,25H,1,11,14-16H2,2H3. The summed E-state index contributed by atoms with van der Waals surface area (Å²) in [6, 6.07) is 17.1. The SMILES string of the molecule is C=CCn1c(CN(C)Cc2cc3ccccc3[nH]2)nnc1SCc1cccc(F)c1. The fourth-order valence-electron chi connectivity index (χ4n) is 3.44. The van der Waals surface area contributed by atoms with Gasteiger partial charge in [0.05, 0.1) is 6.54 Å². The highest BCUT2D eigenvalue weighted by atomic mass is 32.2. The molecule has 0 saturated heterocycles. The maximum atomic E-state index is 13.4. The van der Waals surface area contributed by atoms with Crippen molar-refractivity contribution in [2.75, 3.05) is 7.05 Å². The van der Waals surface area contributed by atoms with E-state index >= 15 is 0 Å². The van der Waals surface area contributed by atoms with Gasteiger partial charge in [0, 0.05) is 30.1 Å². The molecule has 0 spiro atoms. The van der Waals surface area contributed by atoms with Crippen LogP contribution >= 0.6 is 11.8 Å². The van der Waals surface area contributed by atoms with Crippen molar-refractivity contribution in [2.45, 2.75) is 30.5 Å². The lowest BCUT2D eigenvalue weighted by Crippen LogP contribution is -2.20. The van der Waals surface area contributed by atoms with Gasteiger partial charge in [0.25, 0.3) is 0 Å². The second kappa shape index (κ2) is 9.28. The van der Waals surface area contributed by atoms with E-state index in [4.69, 9.17) is 0 Å². The molecule has 5 nitrogen and oxygen atoms in total. The number of allylic oxidation sites excluding steroid dienone is 1. The molecule has 0 bridgehead atoms. The fraction of sp³-hybridized carbons (Fsp3) is 0.217. The second-order valence-electron chi connectivity index (χ2n) is 7.27. The average Bonchev–Trinajstić information content (AvgIpc) is 3.30. The van der Waals surface area contributed by atoms with Crippen LogP contribution in [0.1, 0.15) is 17.1 Å². The Morgan fingerprint density at radius 1 is 1.13 bits per heavy atom. The first-order valence-corrected chi connectivity index (χ1v) is 10.8. The molecule has 2 aromatic heterocycles. The molecule has 4 aromatic rings. The highest BCUT2D eigenvalue weighted by Gasteiger charge is 2.14. The van der Waals surface area contributed by atoms with E-state index < -0.39 is 0 Å². The van der Waals surface area contributed by atoms with E-state index in [1.54, 1.807) is 23.9 Å². The zero-order valence-corrected chi connectivity index (χ0v) is 17.7. The van der Waals surface area contributed by atoms with E-state index in [0.717, 1.165) is 34.3 Å². The summed E-state index contributed by atoms with van der Waals surface area (Å²) in [5.41, 5.74) is 3.23. The van der Waals surface area contributed by atoms with Gasteiger partial charge in [0.15, 0.2) is 5.16 Å². The summed E-state index contributed by atoms with van der Waals surface area (Å²) in [4.78, 5) is 5.67. The van der Waals surface area contributed by atoms with E-state index in [2.05, 4.69) is 56.5 Å². The zero-order chi connectivity index (χ0) is 20.9. The first kappa shape index (κ1) is 20.4. The number of halogens is 1. The molecule has 1 N–H and O–H groups in total. The van der Waals surface area contributed by atoms with E-state index in [1.165, 1.54) is 11.5 Å². The van der Waals surface area contributed by atoms with Crippen LogP contribution < -0.4 is 0 Å². The van der Waals surface area contributed by atoms with Crippen LogP contribution in [0, 0.1) is 5.82 Å². The van der Waals surface area contributed by atoms with Gasteiger partial charge >= 0.3 is 0 Å². The maximum absolute atomic E-state index is 13.4. The molecule has 0 atom stereocenters. The van der Waals surface area contributed by atoms with E-state index in [0.29, 0.717) is 18.8 Å². The molecule has 0 amide bonds. The van der Waals surface area contributed by atoms with Gasteiger partial charge in [-0.3, -0.25) is 4.90 Å². The van der Waals surface area contributed by atoms with Crippen molar-refractivity contribution in [3.63, 3.8) is 0 Å². The lowest BCUT2D eigenvalue weighted by Gasteiger charge is -2.16. The zero-order valence-electron chi connectivity index (χ0n) is 16.9. The summed E-state index contributed by atoms with van der Waals surface area (Å²) in [6.07, 6.45) is 1.84. The highest BCUT2D eigenvalue weighted by Crippen LogP contribution is 2.23. The topological polar surface area (TPSA) is 49.7 Å². The molecule has 0 saturated carbocycles. The molecule has 4 rings (SSSR count). The Bertz CT molecular complexity index is 1120. The summed E-state index contributed by atoms with van der Waals surface area (Å²) in [7, 11) is 2.07. The second-order valence-corrected chi connectivity index (χ2v) is 8.21. The number of rotatable bonds is 9. The molecule has 2 heterocycles. The van der Waals surface area contributed by atoms with Crippen molar-refractivity contribution in [1.29, 1.82) is 0 Å². The minimum Gasteiger partial charge on any atom is -0.357 e. The molecule has 0 aliphatic rings. The Balaban J connectivity index is 1.44. The third-order valence-electron chi connectivity index (χ3n) is 4.80. The van der Waals surface area contributed by atoms with Crippen LogP contribution in [0.25, 0.3) is 10.9 Å². The number of hydrogen-bond donors (Lipinski definition) is 1. The number of para-hydroxylation sites is 1. The molecule has 154 valence electrons. The monoisotopic (exact) mass is 421 g/mol. The number of aromatic nitrogens is 4. The van der Waals surface area contributed by atoms with Gasteiger partial charge in [-0.2, -0.15) is 0 Å². The molecule has 30 heavy (non-hydrogen) atoms. The average molecular weight is 422 g/mol. The molecule has 0 fully saturated rings. The smallest absolute Gasteiger partial charge is 0.191 e. The quantitative estimate of drug-likeness (QED) is 0.305. The number of aromatic amines is 1.